The highest BCUT2D eigenvalue weighted by molar-refractivity contribution is 5.97. The summed E-state index contributed by atoms with van der Waals surface area (Å²) in [6.07, 6.45) is 3.91. The predicted octanol–water partition coefficient (Wildman–Crippen LogP) is 5.58. The molecule has 0 radical (unpaired) electrons. The van der Waals surface area contributed by atoms with Gasteiger partial charge in [0.1, 0.15) is 18.9 Å². The number of ether oxygens (including phenoxy) is 3. The van der Waals surface area contributed by atoms with Crippen LogP contribution in [0.15, 0.2) is 54.6 Å². The van der Waals surface area contributed by atoms with E-state index in [9.17, 15) is 4.79 Å². The number of ketones is 1. The second kappa shape index (κ2) is 11.0. The largest absolute Gasteiger partial charge is 0.486 e. The number of rotatable bonds is 8. The Balaban J connectivity index is 1.29. The van der Waals surface area contributed by atoms with Crippen molar-refractivity contribution in [2.24, 2.45) is 5.92 Å². The summed E-state index contributed by atoms with van der Waals surface area (Å²) in [5.41, 5.74) is 3.86. The van der Waals surface area contributed by atoms with Gasteiger partial charge >= 0.3 is 0 Å². The molecular formula is C29H33N3O4. The number of piperidine rings is 1. The van der Waals surface area contributed by atoms with Crippen LogP contribution in [0.25, 0.3) is 11.3 Å². The normalized spacial score (nSPS) is 15.9. The molecule has 7 nitrogen and oxygen atoms in total. The highest BCUT2D eigenvalue weighted by atomic mass is 16.6. The average Bonchev–Trinajstić information content (AvgIpc) is 2.92. The van der Waals surface area contributed by atoms with E-state index >= 15 is 0 Å². The van der Waals surface area contributed by atoms with E-state index in [1.807, 2.05) is 54.6 Å². The van der Waals surface area contributed by atoms with Crippen molar-refractivity contribution in [3.05, 3.63) is 60.2 Å². The van der Waals surface area contributed by atoms with Crippen LogP contribution in [0.1, 0.15) is 36.0 Å². The number of carbonyl (C=O) groups is 1. The number of hydrogen-bond donors (Lipinski definition) is 1. The predicted molar refractivity (Wildman–Crippen MR) is 141 cm³/mol. The molecule has 188 valence electrons. The number of nitrogens with one attached hydrogen (secondary N) is 1. The molecule has 5 rings (SSSR count). The molecule has 2 aromatic carbocycles. The molecule has 0 amide bonds. The molecule has 0 aliphatic carbocycles. The number of fused-ring (bicyclic) bond motifs is 1. The molecule has 7 heteroatoms. The number of benzene rings is 2. The molecule has 1 N–H and O–H groups in total. The van der Waals surface area contributed by atoms with Crippen LogP contribution in [0.3, 0.4) is 0 Å². The van der Waals surface area contributed by atoms with Crippen LogP contribution in [0.5, 0.6) is 17.4 Å². The first kappa shape index (κ1) is 24.1. The molecule has 0 atom stereocenters. The number of nitrogens with zero attached hydrogens (tertiary/aromatic N) is 2. The molecule has 36 heavy (non-hydrogen) atoms. The van der Waals surface area contributed by atoms with Gasteiger partial charge in [0.2, 0.25) is 5.88 Å². The standard InChI is InChI=1S/C29H33N3O4/c1-32-15-13-20(14-16-32)9-12-26(33)21-5-3-6-22(19-21)30-25-11-10-24(31-29(25)34-2)23-7-4-8-27-28(23)36-18-17-35-27/h3-8,10-11,19-20,30H,9,12-18H2,1-2H3. The summed E-state index contributed by atoms with van der Waals surface area (Å²) in [5, 5.41) is 3.37. The van der Waals surface area contributed by atoms with E-state index < -0.39 is 0 Å². The van der Waals surface area contributed by atoms with Gasteiger partial charge in [-0.15, -0.1) is 0 Å². The van der Waals surface area contributed by atoms with E-state index in [1.54, 1.807) is 7.11 Å². The Kier molecular flexibility index (Phi) is 7.37. The first-order valence-corrected chi connectivity index (χ1v) is 12.6. The maximum absolute atomic E-state index is 12.9. The molecule has 0 unspecified atom stereocenters. The Morgan fingerprint density at radius 3 is 2.72 bits per heavy atom. The van der Waals surface area contributed by atoms with Crippen molar-refractivity contribution in [3.8, 4) is 28.6 Å². The van der Waals surface area contributed by atoms with E-state index in [-0.39, 0.29) is 5.78 Å². The van der Waals surface area contributed by atoms with Crippen molar-refractivity contribution in [1.82, 2.24) is 9.88 Å². The molecule has 1 aromatic heterocycles. The van der Waals surface area contributed by atoms with Gasteiger partial charge in [-0.05, 0) is 81.7 Å². The number of likely N-dealkylation sites (tertiary alicyclic amines) is 1. The maximum Gasteiger partial charge on any atom is 0.238 e. The fraction of sp³-hybridized carbons (Fsp3) is 0.379. The second-order valence-electron chi connectivity index (χ2n) is 9.50. The highest BCUT2D eigenvalue weighted by Crippen LogP contribution is 2.40. The monoisotopic (exact) mass is 487 g/mol. The van der Waals surface area contributed by atoms with Crippen molar-refractivity contribution >= 4 is 17.2 Å². The lowest BCUT2D eigenvalue weighted by atomic mass is 9.90. The minimum atomic E-state index is 0.189. The van der Waals surface area contributed by atoms with Crippen LogP contribution in [0.2, 0.25) is 0 Å². The number of hydrogen-bond acceptors (Lipinski definition) is 7. The Hall–Kier alpha value is -3.58. The number of methoxy groups -OCH3 is 1. The smallest absolute Gasteiger partial charge is 0.238 e. The first-order valence-electron chi connectivity index (χ1n) is 12.6. The molecule has 0 spiro atoms. The van der Waals surface area contributed by atoms with E-state index in [1.165, 1.54) is 12.8 Å². The van der Waals surface area contributed by atoms with E-state index in [0.717, 1.165) is 53.5 Å². The molecular weight excluding hydrogens is 454 g/mol. The molecule has 2 aliphatic rings. The topological polar surface area (TPSA) is 72.9 Å². The van der Waals surface area contributed by atoms with Gasteiger partial charge in [0.25, 0.3) is 0 Å². The van der Waals surface area contributed by atoms with Gasteiger partial charge in [-0.1, -0.05) is 18.2 Å². The molecule has 1 fully saturated rings. The zero-order chi connectivity index (χ0) is 24.9. The molecule has 0 saturated carbocycles. The SMILES string of the molecule is COc1nc(-c2cccc3c2OCCO3)ccc1Nc1cccc(C(=O)CCC2CCN(C)CC2)c1. The minimum absolute atomic E-state index is 0.189. The lowest BCUT2D eigenvalue weighted by molar-refractivity contribution is 0.0965. The number of para-hydroxylation sites is 1. The summed E-state index contributed by atoms with van der Waals surface area (Å²) in [7, 11) is 3.76. The summed E-state index contributed by atoms with van der Waals surface area (Å²) in [5.74, 6) is 2.71. The van der Waals surface area contributed by atoms with Gasteiger partial charge in [-0.25, -0.2) is 4.98 Å². The van der Waals surface area contributed by atoms with Crippen LogP contribution in [-0.2, 0) is 0 Å². The third-order valence-electron chi connectivity index (χ3n) is 6.98. The zero-order valence-electron chi connectivity index (χ0n) is 21.0. The zero-order valence-corrected chi connectivity index (χ0v) is 21.0. The number of Topliss-reactive ketones (excluding diaryl/α,β-unsaturated/α-hetero) is 1. The van der Waals surface area contributed by atoms with Crippen LogP contribution in [0, 0.1) is 5.92 Å². The number of anilines is 2. The van der Waals surface area contributed by atoms with E-state index in [4.69, 9.17) is 19.2 Å². The van der Waals surface area contributed by atoms with Crippen molar-refractivity contribution in [2.45, 2.75) is 25.7 Å². The van der Waals surface area contributed by atoms with Crippen molar-refractivity contribution in [2.75, 3.05) is 45.8 Å². The Bertz CT molecular complexity index is 1220. The lowest BCUT2D eigenvalue weighted by Gasteiger charge is -2.28. The third-order valence-corrected chi connectivity index (χ3v) is 6.98. The van der Waals surface area contributed by atoms with E-state index in [0.29, 0.717) is 37.2 Å². The molecule has 2 aliphatic heterocycles. The fourth-order valence-corrected chi connectivity index (χ4v) is 4.87. The van der Waals surface area contributed by atoms with Crippen LogP contribution in [-0.4, -0.2) is 56.1 Å². The Morgan fingerprint density at radius 2 is 1.89 bits per heavy atom. The van der Waals surface area contributed by atoms with Crippen molar-refractivity contribution in [1.29, 1.82) is 0 Å². The minimum Gasteiger partial charge on any atom is -0.486 e. The van der Waals surface area contributed by atoms with Gasteiger partial charge in [0.15, 0.2) is 17.3 Å². The summed E-state index contributed by atoms with van der Waals surface area (Å²) in [4.78, 5) is 20.0. The number of carbonyl (C=O) groups excluding carboxylic acids is 1. The van der Waals surface area contributed by atoms with Gasteiger partial charge in [-0.2, -0.15) is 0 Å². The summed E-state index contributed by atoms with van der Waals surface area (Å²) < 4.78 is 17.2. The Morgan fingerprint density at radius 1 is 1.08 bits per heavy atom. The van der Waals surface area contributed by atoms with Crippen molar-refractivity contribution < 1.29 is 19.0 Å². The second-order valence-corrected chi connectivity index (χ2v) is 9.50. The summed E-state index contributed by atoms with van der Waals surface area (Å²) in [6.45, 7) is 3.30. The lowest BCUT2D eigenvalue weighted by Crippen LogP contribution is -2.30. The summed E-state index contributed by atoms with van der Waals surface area (Å²) in [6, 6.07) is 17.3. The van der Waals surface area contributed by atoms with E-state index in [2.05, 4.69) is 17.3 Å². The molecule has 3 heterocycles. The molecule has 1 saturated heterocycles. The highest BCUT2D eigenvalue weighted by Gasteiger charge is 2.20. The Labute approximate surface area is 212 Å². The third kappa shape index (κ3) is 5.46. The van der Waals surface area contributed by atoms with Gasteiger partial charge in [0, 0.05) is 23.2 Å². The molecule has 3 aromatic rings. The molecule has 0 bridgehead atoms. The van der Waals surface area contributed by atoms with Crippen LogP contribution >= 0.6 is 0 Å². The van der Waals surface area contributed by atoms with Crippen LogP contribution < -0.4 is 19.5 Å². The fourth-order valence-electron chi connectivity index (χ4n) is 4.87. The average molecular weight is 488 g/mol. The first-order chi connectivity index (χ1) is 17.6. The van der Waals surface area contributed by atoms with Gasteiger partial charge in [-0.3, -0.25) is 4.79 Å². The number of aromatic nitrogens is 1. The maximum atomic E-state index is 12.9. The van der Waals surface area contributed by atoms with Crippen molar-refractivity contribution in [3.63, 3.8) is 0 Å². The van der Waals surface area contributed by atoms with Gasteiger partial charge < -0.3 is 24.4 Å². The number of pyridine rings is 1. The quantitative estimate of drug-likeness (QED) is 0.416. The van der Waals surface area contributed by atoms with Gasteiger partial charge in [0.05, 0.1) is 12.8 Å². The van der Waals surface area contributed by atoms with Crippen LogP contribution in [0.4, 0.5) is 11.4 Å². The summed E-state index contributed by atoms with van der Waals surface area (Å²) >= 11 is 0.